The van der Waals surface area contributed by atoms with E-state index in [9.17, 15) is 4.79 Å². The zero-order valence-corrected chi connectivity index (χ0v) is 9.25. The summed E-state index contributed by atoms with van der Waals surface area (Å²) in [7, 11) is 0. The highest BCUT2D eigenvalue weighted by Gasteiger charge is 2.25. The highest BCUT2D eigenvalue weighted by Crippen LogP contribution is 2.28. The van der Waals surface area contributed by atoms with Crippen molar-refractivity contribution in [2.24, 2.45) is 17.6 Å². The van der Waals surface area contributed by atoms with Crippen molar-refractivity contribution in [3.63, 3.8) is 0 Å². The van der Waals surface area contributed by atoms with E-state index in [1.165, 1.54) is 12.8 Å². The second kappa shape index (κ2) is 5.35. The monoisotopic (exact) mass is 198 g/mol. The van der Waals surface area contributed by atoms with Crippen molar-refractivity contribution in [2.75, 3.05) is 6.54 Å². The van der Waals surface area contributed by atoms with Crippen LogP contribution in [0.4, 0.5) is 0 Å². The average Bonchev–Trinajstić information content (AvgIpc) is 2.17. The summed E-state index contributed by atoms with van der Waals surface area (Å²) < 4.78 is 0. The predicted octanol–water partition coefficient (Wildman–Crippen LogP) is 1.28. The van der Waals surface area contributed by atoms with Crippen LogP contribution in [0.1, 0.15) is 39.5 Å². The van der Waals surface area contributed by atoms with Gasteiger partial charge in [-0.25, -0.2) is 0 Å². The van der Waals surface area contributed by atoms with Gasteiger partial charge in [0.1, 0.15) is 0 Å². The molecule has 0 aromatic rings. The molecule has 0 radical (unpaired) electrons. The van der Waals surface area contributed by atoms with Gasteiger partial charge in [-0.05, 0) is 25.7 Å². The van der Waals surface area contributed by atoms with E-state index in [0.717, 1.165) is 12.8 Å². The Morgan fingerprint density at radius 1 is 1.57 bits per heavy atom. The maximum absolute atomic E-state index is 11.7. The van der Waals surface area contributed by atoms with Crippen LogP contribution in [-0.2, 0) is 4.79 Å². The molecule has 1 aliphatic carbocycles. The Morgan fingerprint density at radius 3 is 2.86 bits per heavy atom. The smallest absolute Gasteiger partial charge is 0.223 e. The average molecular weight is 198 g/mol. The highest BCUT2D eigenvalue weighted by atomic mass is 16.1. The van der Waals surface area contributed by atoms with E-state index in [4.69, 9.17) is 5.73 Å². The highest BCUT2D eigenvalue weighted by molar-refractivity contribution is 5.79. The van der Waals surface area contributed by atoms with Crippen molar-refractivity contribution >= 4 is 5.91 Å². The molecule has 1 fully saturated rings. The van der Waals surface area contributed by atoms with Crippen LogP contribution < -0.4 is 11.1 Å². The minimum absolute atomic E-state index is 0.111. The fraction of sp³-hybridized carbons (Fsp3) is 0.909. The zero-order valence-electron chi connectivity index (χ0n) is 9.25. The first-order chi connectivity index (χ1) is 6.63. The molecule has 1 saturated carbocycles. The van der Waals surface area contributed by atoms with Gasteiger partial charge in [-0.2, -0.15) is 0 Å². The SMILES string of the molecule is CC1CCCC(C(=O)N[C@@H](C)CN)C1. The van der Waals surface area contributed by atoms with Crippen LogP contribution in [0.3, 0.4) is 0 Å². The Bertz CT molecular complexity index is 194. The lowest BCUT2D eigenvalue weighted by molar-refractivity contribution is -0.126. The van der Waals surface area contributed by atoms with Crippen LogP contribution in [0.15, 0.2) is 0 Å². The van der Waals surface area contributed by atoms with Gasteiger partial charge < -0.3 is 11.1 Å². The second-order valence-electron chi connectivity index (χ2n) is 4.61. The molecule has 14 heavy (non-hydrogen) atoms. The van der Waals surface area contributed by atoms with E-state index in [1.54, 1.807) is 0 Å². The Balaban J connectivity index is 2.36. The summed E-state index contributed by atoms with van der Waals surface area (Å²) in [4.78, 5) is 11.7. The first-order valence-corrected chi connectivity index (χ1v) is 5.64. The number of hydrogen-bond acceptors (Lipinski definition) is 2. The zero-order chi connectivity index (χ0) is 10.6. The summed E-state index contributed by atoms with van der Waals surface area (Å²) in [5.74, 6) is 1.13. The third kappa shape index (κ3) is 3.29. The first-order valence-electron chi connectivity index (χ1n) is 5.64. The van der Waals surface area contributed by atoms with E-state index < -0.39 is 0 Å². The van der Waals surface area contributed by atoms with Gasteiger partial charge in [0.05, 0.1) is 0 Å². The molecular formula is C11H22N2O. The van der Waals surface area contributed by atoms with Gasteiger partial charge >= 0.3 is 0 Å². The third-order valence-electron chi connectivity index (χ3n) is 3.05. The minimum atomic E-state index is 0.111. The molecule has 82 valence electrons. The van der Waals surface area contributed by atoms with Gasteiger partial charge in [-0.1, -0.05) is 19.8 Å². The first kappa shape index (κ1) is 11.5. The summed E-state index contributed by atoms with van der Waals surface area (Å²) >= 11 is 0. The van der Waals surface area contributed by atoms with Crippen LogP contribution in [0.25, 0.3) is 0 Å². The molecule has 1 amide bonds. The number of nitrogens with one attached hydrogen (secondary N) is 1. The molecule has 0 spiro atoms. The van der Waals surface area contributed by atoms with E-state index >= 15 is 0 Å². The summed E-state index contributed by atoms with van der Waals surface area (Å²) in [5.41, 5.74) is 5.46. The van der Waals surface area contributed by atoms with Crippen LogP contribution in [0, 0.1) is 11.8 Å². The Hall–Kier alpha value is -0.570. The summed E-state index contributed by atoms with van der Waals surface area (Å²) in [6, 6.07) is 0.111. The topological polar surface area (TPSA) is 55.1 Å². The van der Waals surface area contributed by atoms with E-state index in [-0.39, 0.29) is 17.9 Å². The van der Waals surface area contributed by atoms with Gasteiger partial charge in [0.2, 0.25) is 5.91 Å². The van der Waals surface area contributed by atoms with Crippen molar-refractivity contribution in [1.29, 1.82) is 0 Å². The number of nitrogens with two attached hydrogens (primary N) is 1. The standard InChI is InChI=1S/C11H22N2O/c1-8-4-3-5-10(6-8)11(14)13-9(2)7-12/h8-10H,3-7,12H2,1-2H3,(H,13,14)/t8?,9-,10?/m0/s1. The van der Waals surface area contributed by atoms with Crippen molar-refractivity contribution in [3.05, 3.63) is 0 Å². The fourth-order valence-electron chi connectivity index (χ4n) is 2.09. The van der Waals surface area contributed by atoms with Crippen LogP contribution in [-0.4, -0.2) is 18.5 Å². The van der Waals surface area contributed by atoms with Crippen molar-refractivity contribution in [2.45, 2.75) is 45.6 Å². The number of rotatable bonds is 3. The second-order valence-corrected chi connectivity index (χ2v) is 4.61. The van der Waals surface area contributed by atoms with E-state index in [1.807, 2.05) is 6.92 Å². The molecule has 2 unspecified atom stereocenters. The fourth-order valence-corrected chi connectivity index (χ4v) is 2.09. The molecule has 0 aliphatic heterocycles. The quantitative estimate of drug-likeness (QED) is 0.717. The molecule has 3 nitrogen and oxygen atoms in total. The maximum atomic E-state index is 11.7. The third-order valence-corrected chi connectivity index (χ3v) is 3.05. The molecule has 3 heteroatoms. The van der Waals surface area contributed by atoms with Gasteiger partial charge in [-0.15, -0.1) is 0 Å². The Labute approximate surface area is 86.4 Å². The van der Waals surface area contributed by atoms with Crippen LogP contribution >= 0.6 is 0 Å². The van der Waals surface area contributed by atoms with E-state index in [0.29, 0.717) is 12.5 Å². The molecule has 3 N–H and O–H groups in total. The molecule has 1 aliphatic rings. The Morgan fingerprint density at radius 2 is 2.29 bits per heavy atom. The maximum Gasteiger partial charge on any atom is 0.223 e. The molecule has 3 atom stereocenters. The molecule has 0 bridgehead atoms. The van der Waals surface area contributed by atoms with Gasteiger partial charge in [0.15, 0.2) is 0 Å². The number of carbonyl (C=O) groups excluding carboxylic acids is 1. The molecule has 0 aromatic heterocycles. The summed E-state index contributed by atoms with van der Waals surface area (Å²) in [6.45, 7) is 4.70. The van der Waals surface area contributed by atoms with Crippen LogP contribution in [0.5, 0.6) is 0 Å². The molecular weight excluding hydrogens is 176 g/mol. The number of amides is 1. The summed E-state index contributed by atoms with van der Waals surface area (Å²) in [6.07, 6.45) is 4.56. The van der Waals surface area contributed by atoms with Crippen molar-refractivity contribution < 1.29 is 4.79 Å². The van der Waals surface area contributed by atoms with Crippen LogP contribution in [0.2, 0.25) is 0 Å². The molecule has 1 rings (SSSR count). The summed E-state index contributed by atoms with van der Waals surface area (Å²) in [5, 5.41) is 2.96. The van der Waals surface area contributed by atoms with Gasteiger partial charge in [0, 0.05) is 18.5 Å². The predicted molar refractivity (Wildman–Crippen MR) is 57.8 cm³/mol. The van der Waals surface area contributed by atoms with Crippen molar-refractivity contribution in [3.8, 4) is 0 Å². The minimum Gasteiger partial charge on any atom is -0.352 e. The van der Waals surface area contributed by atoms with Gasteiger partial charge in [0.25, 0.3) is 0 Å². The van der Waals surface area contributed by atoms with Crippen molar-refractivity contribution in [1.82, 2.24) is 5.32 Å². The lowest BCUT2D eigenvalue weighted by Gasteiger charge is -2.26. The molecule has 0 heterocycles. The number of hydrogen-bond donors (Lipinski definition) is 2. The van der Waals surface area contributed by atoms with Gasteiger partial charge in [-0.3, -0.25) is 4.79 Å². The lowest BCUT2D eigenvalue weighted by atomic mass is 9.82. The van der Waals surface area contributed by atoms with E-state index in [2.05, 4.69) is 12.2 Å². The lowest BCUT2D eigenvalue weighted by Crippen LogP contribution is -2.42. The Kier molecular flexibility index (Phi) is 4.39. The number of carbonyl (C=O) groups is 1. The normalized spacial score (nSPS) is 29.6. The largest absolute Gasteiger partial charge is 0.352 e. The molecule has 0 saturated heterocycles. The molecule has 0 aromatic carbocycles.